The highest BCUT2D eigenvalue weighted by atomic mass is 35.5. The number of benzene rings is 2. The van der Waals surface area contributed by atoms with Gasteiger partial charge in [-0.2, -0.15) is 0 Å². The monoisotopic (exact) mass is 324 g/mol. The van der Waals surface area contributed by atoms with Crippen molar-refractivity contribution < 1.29 is 4.74 Å². The molecule has 3 nitrogen and oxygen atoms in total. The molecule has 0 radical (unpaired) electrons. The van der Waals surface area contributed by atoms with Crippen LogP contribution in [0.4, 0.5) is 11.4 Å². The van der Waals surface area contributed by atoms with E-state index < -0.39 is 0 Å². The van der Waals surface area contributed by atoms with Gasteiger partial charge in [-0.3, -0.25) is 0 Å². The molecule has 112 valence electrons. The summed E-state index contributed by atoms with van der Waals surface area (Å²) in [7, 11) is 5.58. The number of hydrogen-bond acceptors (Lipinski definition) is 3. The minimum Gasteiger partial charge on any atom is -0.496 e. The molecule has 0 bridgehead atoms. The van der Waals surface area contributed by atoms with E-state index in [0.29, 0.717) is 16.6 Å². The molecule has 0 aromatic heterocycles. The standard InChI is InChI=1S/C16H18Cl2N2O/c1-20(2)15-6-5-13(9-14(15)18)19-10-11-8-12(17)4-7-16(11)21-3/h4-9,19H,10H2,1-3H3. The lowest BCUT2D eigenvalue weighted by Gasteiger charge is -2.16. The molecule has 5 heteroatoms. The van der Waals surface area contributed by atoms with Gasteiger partial charge in [0, 0.05) is 36.9 Å². The van der Waals surface area contributed by atoms with Crippen LogP contribution < -0.4 is 15.0 Å². The summed E-state index contributed by atoms with van der Waals surface area (Å²) in [6, 6.07) is 11.5. The van der Waals surface area contributed by atoms with Crippen LogP contribution in [0.1, 0.15) is 5.56 Å². The zero-order valence-corrected chi connectivity index (χ0v) is 13.8. The molecule has 1 N–H and O–H groups in total. The Morgan fingerprint density at radius 3 is 2.48 bits per heavy atom. The minimum atomic E-state index is 0.612. The van der Waals surface area contributed by atoms with Crippen molar-refractivity contribution in [1.82, 2.24) is 0 Å². The Labute approximate surface area is 135 Å². The number of halogens is 2. The largest absolute Gasteiger partial charge is 0.496 e. The van der Waals surface area contributed by atoms with E-state index in [4.69, 9.17) is 27.9 Å². The average Bonchev–Trinajstić information content (AvgIpc) is 2.45. The highest BCUT2D eigenvalue weighted by Crippen LogP contribution is 2.28. The lowest BCUT2D eigenvalue weighted by atomic mass is 10.2. The number of ether oxygens (including phenoxy) is 1. The molecule has 0 saturated heterocycles. The van der Waals surface area contributed by atoms with Gasteiger partial charge in [0.1, 0.15) is 5.75 Å². The quantitative estimate of drug-likeness (QED) is 0.864. The van der Waals surface area contributed by atoms with E-state index in [1.807, 2.05) is 55.4 Å². The van der Waals surface area contributed by atoms with Crippen LogP contribution in [-0.4, -0.2) is 21.2 Å². The predicted octanol–water partition coefficient (Wildman–Crippen LogP) is 4.68. The topological polar surface area (TPSA) is 24.5 Å². The summed E-state index contributed by atoms with van der Waals surface area (Å²) in [5, 5.41) is 4.73. The fourth-order valence-electron chi connectivity index (χ4n) is 2.06. The average molecular weight is 325 g/mol. The van der Waals surface area contributed by atoms with Gasteiger partial charge >= 0.3 is 0 Å². The summed E-state index contributed by atoms with van der Waals surface area (Å²) >= 11 is 12.3. The first-order valence-electron chi connectivity index (χ1n) is 6.54. The van der Waals surface area contributed by atoms with Gasteiger partial charge < -0.3 is 15.0 Å². The van der Waals surface area contributed by atoms with Crippen LogP contribution in [0.2, 0.25) is 10.0 Å². The van der Waals surface area contributed by atoms with Gasteiger partial charge in [-0.15, -0.1) is 0 Å². The van der Waals surface area contributed by atoms with Gasteiger partial charge in [0.2, 0.25) is 0 Å². The number of rotatable bonds is 5. The van der Waals surface area contributed by atoms with E-state index in [1.54, 1.807) is 7.11 Å². The second-order valence-electron chi connectivity index (χ2n) is 4.87. The van der Waals surface area contributed by atoms with Gasteiger partial charge in [0.25, 0.3) is 0 Å². The van der Waals surface area contributed by atoms with Gasteiger partial charge in [-0.05, 0) is 36.4 Å². The number of methoxy groups -OCH3 is 1. The summed E-state index contributed by atoms with van der Waals surface area (Å²) in [6.45, 7) is 0.612. The lowest BCUT2D eigenvalue weighted by molar-refractivity contribution is 0.410. The molecule has 0 saturated carbocycles. The van der Waals surface area contributed by atoms with Gasteiger partial charge in [-0.1, -0.05) is 23.2 Å². The number of anilines is 2. The van der Waals surface area contributed by atoms with Crippen LogP contribution in [-0.2, 0) is 6.54 Å². The molecular weight excluding hydrogens is 307 g/mol. The Morgan fingerprint density at radius 2 is 1.86 bits per heavy atom. The van der Waals surface area contributed by atoms with E-state index in [2.05, 4.69) is 5.32 Å². The number of hydrogen-bond donors (Lipinski definition) is 1. The maximum atomic E-state index is 6.26. The highest BCUT2D eigenvalue weighted by Gasteiger charge is 2.06. The molecule has 2 aromatic carbocycles. The summed E-state index contributed by atoms with van der Waals surface area (Å²) in [5.74, 6) is 0.808. The molecule has 0 amide bonds. The molecule has 21 heavy (non-hydrogen) atoms. The van der Waals surface area contributed by atoms with Gasteiger partial charge in [0.05, 0.1) is 17.8 Å². The number of nitrogens with one attached hydrogen (secondary N) is 1. The van der Waals surface area contributed by atoms with Crippen molar-refractivity contribution in [2.45, 2.75) is 6.54 Å². The van der Waals surface area contributed by atoms with E-state index in [0.717, 1.165) is 22.7 Å². The molecular formula is C16H18Cl2N2O. The minimum absolute atomic E-state index is 0.612. The summed E-state index contributed by atoms with van der Waals surface area (Å²) in [6.07, 6.45) is 0. The Kier molecular flexibility index (Phi) is 5.21. The smallest absolute Gasteiger partial charge is 0.123 e. The normalized spacial score (nSPS) is 10.3. The fourth-order valence-corrected chi connectivity index (χ4v) is 2.61. The first-order valence-corrected chi connectivity index (χ1v) is 7.30. The molecule has 0 heterocycles. The van der Waals surface area contributed by atoms with Crippen molar-refractivity contribution in [3.05, 3.63) is 52.0 Å². The first kappa shape index (κ1) is 15.8. The van der Waals surface area contributed by atoms with Crippen LogP contribution in [0.5, 0.6) is 5.75 Å². The SMILES string of the molecule is COc1ccc(Cl)cc1CNc1ccc(N(C)C)c(Cl)c1. The molecule has 0 aliphatic carbocycles. The molecule has 0 aliphatic heterocycles. The summed E-state index contributed by atoms with van der Waals surface area (Å²) < 4.78 is 5.33. The van der Waals surface area contributed by atoms with E-state index in [1.165, 1.54) is 0 Å². The van der Waals surface area contributed by atoms with Crippen LogP contribution in [0.15, 0.2) is 36.4 Å². The van der Waals surface area contributed by atoms with Crippen molar-refractivity contribution in [2.75, 3.05) is 31.4 Å². The third-order valence-electron chi connectivity index (χ3n) is 3.15. The maximum absolute atomic E-state index is 6.26. The van der Waals surface area contributed by atoms with Crippen molar-refractivity contribution in [3.8, 4) is 5.75 Å². The van der Waals surface area contributed by atoms with E-state index >= 15 is 0 Å². The molecule has 0 spiro atoms. The maximum Gasteiger partial charge on any atom is 0.123 e. The second-order valence-corrected chi connectivity index (χ2v) is 5.71. The summed E-state index contributed by atoms with van der Waals surface area (Å²) in [4.78, 5) is 1.98. The van der Waals surface area contributed by atoms with Crippen LogP contribution >= 0.6 is 23.2 Å². The second kappa shape index (κ2) is 6.92. The van der Waals surface area contributed by atoms with Crippen molar-refractivity contribution in [3.63, 3.8) is 0 Å². The van der Waals surface area contributed by atoms with Crippen molar-refractivity contribution >= 4 is 34.6 Å². The number of nitrogens with zero attached hydrogens (tertiary/aromatic N) is 1. The van der Waals surface area contributed by atoms with E-state index in [-0.39, 0.29) is 0 Å². The van der Waals surface area contributed by atoms with Crippen LogP contribution in [0.25, 0.3) is 0 Å². The third kappa shape index (κ3) is 3.96. The van der Waals surface area contributed by atoms with Crippen molar-refractivity contribution in [1.29, 1.82) is 0 Å². The lowest BCUT2D eigenvalue weighted by Crippen LogP contribution is -2.09. The molecule has 0 atom stereocenters. The molecule has 0 unspecified atom stereocenters. The van der Waals surface area contributed by atoms with Gasteiger partial charge in [-0.25, -0.2) is 0 Å². The molecule has 2 rings (SSSR count). The Morgan fingerprint density at radius 1 is 1.10 bits per heavy atom. The van der Waals surface area contributed by atoms with Crippen LogP contribution in [0.3, 0.4) is 0 Å². The van der Waals surface area contributed by atoms with Crippen molar-refractivity contribution in [2.24, 2.45) is 0 Å². The molecule has 2 aromatic rings. The van der Waals surface area contributed by atoms with E-state index in [9.17, 15) is 0 Å². The Hall–Kier alpha value is -1.58. The Balaban J connectivity index is 2.13. The molecule has 0 fully saturated rings. The summed E-state index contributed by atoms with van der Waals surface area (Å²) in [5.41, 5.74) is 2.94. The fraction of sp³-hybridized carbons (Fsp3) is 0.250. The highest BCUT2D eigenvalue weighted by molar-refractivity contribution is 6.33. The zero-order chi connectivity index (χ0) is 15.4. The van der Waals surface area contributed by atoms with Gasteiger partial charge in [0.15, 0.2) is 0 Å². The third-order valence-corrected chi connectivity index (χ3v) is 3.69. The Bertz CT molecular complexity index is 630. The first-order chi connectivity index (χ1) is 10.0. The predicted molar refractivity (Wildman–Crippen MR) is 91.1 cm³/mol. The zero-order valence-electron chi connectivity index (χ0n) is 12.3. The molecule has 0 aliphatic rings. The van der Waals surface area contributed by atoms with Crippen LogP contribution in [0, 0.1) is 0 Å².